The number of aliphatic hydroxyl groups is 4. The Morgan fingerprint density at radius 2 is 1.04 bits per heavy atom. The Labute approximate surface area is 519 Å². The summed E-state index contributed by atoms with van der Waals surface area (Å²) in [4.78, 5) is 80.2. The Kier molecular flexibility index (Phi) is 17.7. The summed E-state index contributed by atoms with van der Waals surface area (Å²) in [7, 11) is 0. The molecule has 8 heterocycles. The van der Waals surface area contributed by atoms with Gasteiger partial charge in [0.05, 0.1) is 19.3 Å². The van der Waals surface area contributed by atoms with Gasteiger partial charge in [0.15, 0.2) is 47.6 Å². The van der Waals surface area contributed by atoms with Crippen LogP contribution in [-0.4, -0.2) is 181 Å². The van der Waals surface area contributed by atoms with Crippen LogP contribution in [0.1, 0.15) is 133 Å². The van der Waals surface area contributed by atoms with Crippen molar-refractivity contribution < 1.29 is 58.6 Å². The fourth-order valence-corrected chi connectivity index (χ4v) is 12.2. The van der Waals surface area contributed by atoms with Gasteiger partial charge in [0.1, 0.15) is 41.6 Å². The zero-order valence-electron chi connectivity index (χ0n) is 50.6. The maximum atomic E-state index is 13.3. The van der Waals surface area contributed by atoms with Crippen LogP contribution in [0.3, 0.4) is 0 Å². The minimum atomic E-state index is -1.42. The Hall–Kier alpha value is -8.50. The molecule has 13 rings (SSSR count). The van der Waals surface area contributed by atoms with Gasteiger partial charge in [-0.2, -0.15) is 0 Å². The van der Waals surface area contributed by atoms with E-state index >= 15 is 0 Å². The number of nitrogen functional groups attached to an aromatic ring is 2. The highest BCUT2D eigenvalue weighted by Gasteiger charge is 2.50. The van der Waals surface area contributed by atoms with Gasteiger partial charge in [-0.1, -0.05) is 81.1 Å². The molecule has 7 aliphatic rings. The van der Waals surface area contributed by atoms with Crippen LogP contribution in [0.2, 0.25) is 0 Å². The molecule has 6 aromatic rings. The van der Waals surface area contributed by atoms with Gasteiger partial charge in [0.2, 0.25) is 11.6 Å². The Morgan fingerprint density at radius 1 is 0.622 bits per heavy atom. The molecule has 4 aliphatic heterocycles. The van der Waals surface area contributed by atoms with Gasteiger partial charge in [0.25, 0.3) is 11.8 Å². The van der Waals surface area contributed by atoms with Gasteiger partial charge in [-0.25, -0.2) is 39.5 Å². The van der Waals surface area contributed by atoms with Crippen molar-refractivity contribution in [1.82, 2.24) is 59.5 Å². The number of fused-ring (bicyclic) bond motifs is 5. The third-order valence-corrected chi connectivity index (χ3v) is 17.5. The smallest absolute Gasteiger partial charge is 0.410 e. The predicted octanol–water partition coefficient (Wildman–Crippen LogP) is 4.04. The molecular formula is C64H76N14O12. The monoisotopic (exact) mass is 1230 g/mol. The number of likely N-dealkylation sites (tertiary alicyclic amines) is 2. The number of ether oxygens (including phenoxy) is 4. The Bertz CT molecular complexity index is 3760. The number of rotatable bonds is 11. The standard InChI is InChI=1S/C37H39N7O6.C27H37N7O6/c1-20(28-25-10-4-2-8-23(25)24-9-3-5-11-26(24)28)49-37(48)43-17-15-21(16-18-43)7-6-12-27-41-33(38)29-34(42-27)44(19-39-29)36-31(46)30(45)32(50-36)35(47)40-22-13-14-22;1-27(2,3)13-39-26(38)33-11-9-15(10-12-33)5-4-6-17-31-22(28)18-23(32-17)34(14-29-18)25-20(36)19(35)21(40-25)24(37)30-16-7-8-16/h2-5,8-11,19-22,28,30-32,36,45-46H,7,13-18H2,1H3,(H,40,47)(H2,38,41,42);14-16,19-21,25,35-36H,5,7-13H2,1-3H3,(H,30,37)(H2,28,31,32)/t20?,30-,31?,32+,36-;19-,20?,21+,25-/m11/s1. The molecule has 2 aromatic carbocycles. The summed E-state index contributed by atoms with van der Waals surface area (Å²) in [6.45, 7) is 10.8. The van der Waals surface area contributed by atoms with Gasteiger partial charge in [0, 0.05) is 57.0 Å². The lowest BCUT2D eigenvalue weighted by Crippen LogP contribution is -2.43. The highest BCUT2D eigenvalue weighted by atomic mass is 16.6. The normalized spacial score (nSPS) is 24.6. The third-order valence-electron chi connectivity index (χ3n) is 17.5. The number of aliphatic hydroxyl groups excluding tert-OH is 4. The van der Waals surface area contributed by atoms with Crippen molar-refractivity contribution in [2.24, 2.45) is 17.3 Å². The van der Waals surface area contributed by atoms with Crippen molar-refractivity contribution in [3.63, 3.8) is 0 Å². The minimum Gasteiger partial charge on any atom is -0.449 e. The lowest BCUT2D eigenvalue weighted by atomic mass is 9.92. The summed E-state index contributed by atoms with van der Waals surface area (Å²) in [5, 5.41) is 48.1. The number of piperidine rings is 2. The zero-order chi connectivity index (χ0) is 63.1. The average Bonchev–Trinajstić information content (AvgIpc) is 1.65. The topological polar surface area (TPSA) is 356 Å². The summed E-state index contributed by atoms with van der Waals surface area (Å²) >= 11 is 0. The Balaban J connectivity index is 0.000000179. The molecule has 10 N–H and O–H groups in total. The quantitative estimate of drug-likeness (QED) is 0.0848. The number of benzene rings is 2. The summed E-state index contributed by atoms with van der Waals surface area (Å²) in [5.41, 5.74) is 18.1. The van der Waals surface area contributed by atoms with Crippen molar-refractivity contribution in [3.8, 4) is 34.8 Å². The van der Waals surface area contributed by atoms with Gasteiger partial charge >= 0.3 is 12.2 Å². The molecule has 0 spiro atoms. The number of nitrogens with zero attached hydrogens (tertiary/aromatic N) is 10. The van der Waals surface area contributed by atoms with Crippen LogP contribution >= 0.6 is 0 Å². The van der Waals surface area contributed by atoms with Crippen LogP contribution in [0.5, 0.6) is 0 Å². The second-order valence-corrected chi connectivity index (χ2v) is 25.7. The second-order valence-electron chi connectivity index (χ2n) is 25.7. The largest absolute Gasteiger partial charge is 0.449 e. The summed E-state index contributed by atoms with van der Waals surface area (Å²) in [6, 6.07) is 16.8. The van der Waals surface area contributed by atoms with Crippen LogP contribution < -0.4 is 22.1 Å². The maximum Gasteiger partial charge on any atom is 0.410 e. The number of carbonyl (C=O) groups excluding carboxylic acids is 4. The molecule has 9 atom stereocenters. The molecule has 474 valence electrons. The molecule has 26 nitrogen and oxygen atoms in total. The van der Waals surface area contributed by atoms with Gasteiger partial charge in [-0.3, -0.25) is 18.7 Å². The van der Waals surface area contributed by atoms with E-state index in [9.17, 15) is 39.6 Å². The first-order chi connectivity index (χ1) is 43.3. The summed E-state index contributed by atoms with van der Waals surface area (Å²) in [5.74, 6) is 12.5. The Morgan fingerprint density at radius 3 is 1.47 bits per heavy atom. The molecule has 6 fully saturated rings. The number of amides is 4. The van der Waals surface area contributed by atoms with E-state index in [1.54, 1.807) is 9.80 Å². The van der Waals surface area contributed by atoms with E-state index < -0.39 is 60.9 Å². The van der Waals surface area contributed by atoms with E-state index in [0.29, 0.717) is 62.6 Å². The van der Waals surface area contributed by atoms with Crippen LogP contribution in [0.25, 0.3) is 33.5 Å². The molecule has 4 saturated heterocycles. The molecule has 26 heteroatoms. The number of nitrogens with two attached hydrogens (primary N) is 2. The predicted molar refractivity (Wildman–Crippen MR) is 326 cm³/mol. The van der Waals surface area contributed by atoms with E-state index in [2.05, 4.69) is 88.5 Å². The molecular weight excluding hydrogens is 1160 g/mol. The number of hydrogen-bond acceptors (Lipinski definition) is 20. The van der Waals surface area contributed by atoms with E-state index in [4.69, 9.17) is 30.4 Å². The van der Waals surface area contributed by atoms with Gasteiger partial charge < -0.3 is 71.3 Å². The van der Waals surface area contributed by atoms with Gasteiger partial charge in [-0.05, 0) is 110 Å². The van der Waals surface area contributed by atoms with E-state index in [-0.39, 0.29) is 82.2 Å². The van der Waals surface area contributed by atoms with E-state index in [1.165, 1.54) is 44.0 Å². The third kappa shape index (κ3) is 13.4. The van der Waals surface area contributed by atoms with Crippen molar-refractivity contribution in [1.29, 1.82) is 0 Å². The van der Waals surface area contributed by atoms with Crippen LogP contribution in [0.4, 0.5) is 21.2 Å². The first kappa shape index (κ1) is 61.7. The fourth-order valence-electron chi connectivity index (χ4n) is 12.2. The van der Waals surface area contributed by atoms with Crippen molar-refractivity contribution in [2.75, 3.05) is 44.3 Å². The lowest BCUT2D eigenvalue weighted by Gasteiger charge is -2.32. The van der Waals surface area contributed by atoms with Crippen molar-refractivity contribution >= 4 is 58.0 Å². The molecule has 0 radical (unpaired) electrons. The molecule has 90 heavy (non-hydrogen) atoms. The molecule has 0 bridgehead atoms. The molecule has 3 unspecified atom stereocenters. The molecule has 2 saturated carbocycles. The fraction of sp³-hybridized carbons (Fsp3) is 0.531. The number of hydrogen-bond donors (Lipinski definition) is 8. The second kappa shape index (κ2) is 25.8. The lowest BCUT2D eigenvalue weighted by molar-refractivity contribution is -0.138. The minimum absolute atomic E-state index is 0.00834. The number of imidazole rings is 2. The molecule has 3 aliphatic carbocycles. The van der Waals surface area contributed by atoms with E-state index in [0.717, 1.165) is 51.4 Å². The summed E-state index contributed by atoms with van der Waals surface area (Å²) < 4.78 is 25.9. The van der Waals surface area contributed by atoms with Gasteiger partial charge in [-0.15, -0.1) is 0 Å². The number of aromatic nitrogens is 8. The van der Waals surface area contributed by atoms with E-state index in [1.807, 2.05) is 52.0 Å². The zero-order valence-corrected chi connectivity index (χ0v) is 50.6. The highest BCUT2D eigenvalue weighted by Crippen LogP contribution is 2.47. The molecule has 4 amide bonds. The summed E-state index contributed by atoms with van der Waals surface area (Å²) in [6.07, 6.45) is -0.413. The average molecular weight is 1230 g/mol. The number of anilines is 2. The number of carbonyl (C=O) groups is 4. The highest BCUT2D eigenvalue weighted by molar-refractivity contribution is 5.85. The maximum absolute atomic E-state index is 13.3. The van der Waals surface area contributed by atoms with Crippen LogP contribution in [-0.2, 0) is 28.5 Å². The van der Waals surface area contributed by atoms with Crippen LogP contribution in [0.15, 0.2) is 61.2 Å². The van der Waals surface area contributed by atoms with Crippen LogP contribution in [0, 0.1) is 40.9 Å². The molecule has 4 aromatic heterocycles. The SMILES string of the molecule is CC(C)(C)COC(=O)N1CCC(CC#Cc2nc(N)c3ncn([C@@H]4O[C@H](C(=O)NC5CC5)[C@H](O)C4O)c3n2)CC1.CC(OC(=O)N1CCC(CC#Cc2nc(N)c3ncn([C@@H]4O[C@H](C(=O)NC5CC5)[C@H](O)C4O)c3n2)CC1)C1c2ccccc2-c2ccccc21. The number of nitrogens with one attached hydrogen (secondary N) is 2. The van der Waals surface area contributed by atoms with Crippen molar-refractivity contribution in [3.05, 3.63) is 84.0 Å². The first-order valence-corrected chi connectivity index (χ1v) is 30.9. The van der Waals surface area contributed by atoms with Crippen molar-refractivity contribution in [2.45, 2.75) is 165 Å². The first-order valence-electron chi connectivity index (χ1n) is 30.9.